The van der Waals surface area contributed by atoms with Gasteiger partial charge in [-0.05, 0) is 12.1 Å². The minimum absolute atomic E-state index is 0.192. The minimum Gasteiger partial charge on any atom is -0.365 e. The molecule has 0 aliphatic carbocycles. The molecule has 0 spiro atoms. The second kappa shape index (κ2) is 3.29. The largest absolute Gasteiger partial charge is 0.365 e. The molecule has 1 amide bonds. The van der Waals surface area contributed by atoms with E-state index in [1.165, 1.54) is 16.8 Å². The average Bonchev–Trinajstić information content (AvgIpc) is 2.55. The highest BCUT2D eigenvalue weighted by molar-refractivity contribution is 7.89. The Balaban J connectivity index is 2.95. The Hall–Kier alpha value is -1.93. The molecular formula is C8H8N4O3S. The number of hydrogen-bond acceptors (Lipinski definition) is 4. The molecule has 84 valence electrons. The Morgan fingerprint density at radius 3 is 2.62 bits per heavy atom. The highest BCUT2D eigenvalue weighted by atomic mass is 32.2. The SMILES string of the molecule is NC(=O)c1c(S(N)(=O)=O)nn2ccccc12. The summed E-state index contributed by atoms with van der Waals surface area (Å²) in [5.74, 6) is -0.884. The number of primary amides is 1. The highest BCUT2D eigenvalue weighted by Crippen LogP contribution is 2.18. The van der Waals surface area contributed by atoms with Crippen molar-refractivity contribution >= 4 is 21.4 Å². The zero-order valence-corrected chi connectivity index (χ0v) is 8.81. The first-order valence-electron chi connectivity index (χ1n) is 4.21. The third kappa shape index (κ3) is 1.53. The Kier molecular flexibility index (Phi) is 2.17. The van der Waals surface area contributed by atoms with Gasteiger partial charge in [0, 0.05) is 6.20 Å². The van der Waals surface area contributed by atoms with Crippen LogP contribution in [-0.4, -0.2) is 23.9 Å². The fraction of sp³-hybridized carbons (Fsp3) is 0. The van der Waals surface area contributed by atoms with E-state index in [2.05, 4.69) is 5.10 Å². The van der Waals surface area contributed by atoms with Gasteiger partial charge in [-0.15, -0.1) is 0 Å². The molecule has 16 heavy (non-hydrogen) atoms. The summed E-state index contributed by atoms with van der Waals surface area (Å²) in [6.45, 7) is 0. The van der Waals surface area contributed by atoms with Crippen molar-refractivity contribution in [1.82, 2.24) is 9.61 Å². The number of nitrogens with two attached hydrogens (primary N) is 2. The van der Waals surface area contributed by atoms with Crippen LogP contribution in [0.2, 0.25) is 0 Å². The van der Waals surface area contributed by atoms with Crippen LogP contribution in [0.5, 0.6) is 0 Å². The molecule has 4 N–H and O–H groups in total. The van der Waals surface area contributed by atoms with Crippen LogP contribution in [0.25, 0.3) is 5.52 Å². The van der Waals surface area contributed by atoms with E-state index in [1.807, 2.05) is 0 Å². The van der Waals surface area contributed by atoms with Crippen molar-refractivity contribution < 1.29 is 13.2 Å². The molecule has 0 unspecified atom stereocenters. The smallest absolute Gasteiger partial charge is 0.258 e. The lowest BCUT2D eigenvalue weighted by Crippen LogP contribution is -2.19. The van der Waals surface area contributed by atoms with Crippen molar-refractivity contribution in [2.75, 3.05) is 0 Å². The van der Waals surface area contributed by atoms with E-state index in [9.17, 15) is 13.2 Å². The van der Waals surface area contributed by atoms with Gasteiger partial charge in [0.2, 0.25) is 5.03 Å². The number of aromatic nitrogens is 2. The number of sulfonamides is 1. The van der Waals surface area contributed by atoms with Gasteiger partial charge in [-0.1, -0.05) is 6.07 Å². The maximum Gasteiger partial charge on any atom is 0.258 e. The molecule has 7 nitrogen and oxygen atoms in total. The Morgan fingerprint density at radius 2 is 2.06 bits per heavy atom. The van der Waals surface area contributed by atoms with Crippen LogP contribution in [-0.2, 0) is 10.0 Å². The normalized spacial score (nSPS) is 11.8. The maximum atomic E-state index is 11.2. The van der Waals surface area contributed by atoms with Gasteiger partial charge in [-0.2, -0.15) is 5.10 Å². The first-order chi connectivity index (χ1) is 7.41. The van der Waals surface area contributed by atoms with Crippen LogP contribution in [0.1, 0.15) is 10.4 Å². The molecule has 0 saturated carbocycles. The molecule has 0 atom stereocenters. The van der Waals surface area contributed by atoms with E-state index in [1.54, 1.807) is 12.1 Å². The predicted octanol–water partition coefficient (Wildman–Crippen LogP) is -0.919. The summed E-state index contributed by atoms with van der Waals surface area (Å²) in [5.41, 5.74) is 5.22. The first kappa shape index (κ1) is 10.6. The zero-order valence-electron chi connectivity index (χ0n) is 7.99. The number of carbonyl (C=O) groups excluding carboxylic acids is 1. The summed E-state index contributed by atoms with van der Waals surface area (Å²) >= 11 is 0. The lowest BCUT2D eigenvalue weighted by Gasteiger charge is -1.94. The molecular weight excluding hydrogens is 232 g/mol. The first-order valence-corrected chi connectivity index (χ1v) is 5.76. The monoisotopic (exact) mass is 240 g/mol. The lowest BCUT2D eigenvalue weighted by molar-refractivity contribution is 0.0998. The molecule has 0 aliphatic heterocycles. The summed E-state index contributed by atoms with van der Waals surface area (Å²) in [6.07, 6.45) is 1.50. The van der Waals surface area contributed by atoms with E-state index in [0.717, 1.165) is 0 Å². The number of nitrogens with zero attached hydrogens (tertiary/aromatic N) is 2. The van der Waals surface area contributed by atoms with Gasteiger partial charge in [0.05, 0.1) is 5.52 Å². The van der Waals surface area contributed by atoms with Gasteiger partial charge in [0.25, 0.3) is 15.9 Å². The highest BCUT2D eigenvalue weighted by Gasteiger charge is 2.24. The third-order valence-corrected chi connectivity index (χ3v) is 2.85. The van der Waals surface area contributed by atoms with Gasteiger partial charge in [0.15, 0.2) is 0 Å². The topological polar surface area (TPSA) is 121 Å². The van der Waals surface area contributed by atoms with Crippen molar-refractivity contribution in [3.8, 4) is 0 Å². The number of pyridine rings is 1. The number of fused-ring (bicyclic) bond motifs is 1. The van der Waals surface area contributed by atoms with Gasteiger partial charge < -0.3 is 5.73 Å². The number of carbonyl (C=O) groups is 1. The fourth-order valence-corrected chi connectivity index (χ4v) is 2.10. The van der Waals surface area contributed by atoms with Crippen molar-refractivity contribution in [2.45, 2.75) is 5.03 Å². The molecule has 2 aromatic heterocycles. The van der Waals surface area contributed by atoms with Crippen molar-refractivity contribution in [1.29, 1.82) is 0 Å². The molecule has 0 aliphatic rings. The molecule has 2 rings (SSSR count). The second-order valence-corrected chi connectivity index (χ2v) is 4.60. The standard InChI is InChI=1S/C8H8N4O3S/c9-7(13)6-5-3-1-2-4-12(5)11-8(6)16(10,14)15/h1-4H,(H2,9,13)(H2,10,14,15). The van der Waals surface area contributed by atoms with E-state index in [0.29, 0.717) is 5.52 Å². The number of hydrogen-bond donors (Lipinski definition) is 2. The molecule has 0 radical (unpaired) electrons. The molecule has 0 fully saturated rings. The van der Waals surface area contributed by atoms with Gasteiger partial charge >= 0.3 is 0 Å². The maximum absolute atomic E-state index is 11.2. The molecule has 0 aromatic carbocycles. The molecule has 2 aromatic rings. The van der Waals surface area contributed by atoms with E-state index < -0.39 is 21.0 Å². The van der Waals surface area contributed by atoms with E-state index in [4.69, 9.17) is 10.9 Å². The second-order valence-electron chi connectivity index (χ2n) is 3.12. The summed E-state index contributed by atoms with van der Waals surface area (Å²) in [4.78, 5) is 11.2. The summed E-state index contributed by atoms with van der Waals surface area (Å²) < 4.78 is 23.7. The average molecular weight is 240 g/mol. The Bertz CT molecular complexity index is 674. The molecule has 0 bridgehead atoms. The molecule has 8 heteroatoms. The van der Waals surface area contributed by atoms with Crippen molar-refractivity contribution in [2.24, 2.45) is 10.9 Å². The van der Waals surface area contributed by atoms with Crippen molar-refractivity contribution in [3.05, 3.63) is 30.0 Å². The van der Waals surface area contributed by atoms with E-state index in [-0.39, 0.29) is 5.56 Å². The summed E-state index contributed by atoms with van der Waals surface area (Å²) in [7, 11) is -4.07. The van der Waals surface area contributed by atoms with E-state index >= 15 is 0 Å². The number of amides is 1. The Labute approximate surface area is 90.7 Å². The van der Waals surface area contributed by atoms with Crippen LogP contribution < -0.4 is 10.9 Å². The molecule has 0 saturated heterocycles. The molecule has 2 heterocycles. The third-order valence-electron chi connectivity index (χ3n) is 2.02. The summed E-state index contributed by atoms with van der Waals surface area (Å²) in [6, 6.07) is 4.80. The zero-order chi connectivity index (χ0) is 11.9. The number of primary sulfonamides is 1. The van der Waals surface area contributed by atoms with Crippen LogP contribution in [0, 0.1) is 0 Å². The van der Waals surface area contributed by atoms with Gasteiger partial charge in [-0.25, -0.2) is 18.1 Å². The van der Waals surface area contributed by atoms with Crippen LogP contribution in [0.15, 0.2) is 29.4 Å². The van der Waals surface area contributed by atoms with Crippen molar-refractivity contribution in [3.63, 3.8) is 0 Å². The van der Waals surface area contributed by atoms with Gasteiger partial charge in [-0.3, -0.25) is 4.79 Å². The quantitative estimate of drug-likeness (QED) is 0.705. The van der Waals surface area contributed by atoms with Crippen LogP contribution in [0.3, 0.4) is 0 Å². The minimum atomic E-state index is -4.07. The van der Waals surface area contributed by atoms with Crippen LogP contribution in [0.4, 0.5) is 0 Å². The predicted molar refractivity (Wildman–Crippen MR) is 55.1 cm³/mol. The number of rotatable bonds is 2. The van der Waals surface area contributed by atoms with Crippen LogP contribution >= 0.6 is 0 Å². The Morgan fingerprint density at radius 1 is 1.38 bits per heavy atom. The fourth-order valence-electron chi connectivity index (χ4n) is 1.41. The lowest BCUT2D eigenvalue weighted by atomic mass is 10.2. The van der Waals surface area contributed by atoms with Gasteiger partial charge in [0.1, 0.15) is 5.56 Å². The summed E-state index contributed by atoms with van der Waals surface area (Å²) in [5, 5.41) is 8.15.